The van der Waals surface area contributed by atoms with E-state index in [4.69, 9.17) is 28.4 Å². The van der Waals surface area contributed by atoms with Gasteiger partial charge in [0.15, 0.2) is 0 Å². The van der Waals surface area contributed by atoms with E-state index in [-0.39, 0.29) is 0 Å². The Morgan fingerprint density at radius 3 is 1.93 bits per heavy atom. The highest BCUT2D eigenvalue weighted by atomic mass is 16.9. The molecule has 0 saturated carbocycles. The SMILES string of the molecule is COC1OC(OC)C(C)(OC)OC1OC. The summed E-state index contributed by atoms with van der Waals surface area (Å²) in [7, 11) is 6.02. The molecular weight excluding hydrogens is 204 g/mol. The van der Waals surface area contributed by atoms with Gasteiger partial charge in [-0.25, -0.2) is 0 Å². The van der Waals surface area contributed by atoms with E-state index >= 15 is 0 Å². The van der Waals surface area contributed by atoms with Gasteiger partial charge in [-0.2, -0.15) is 0 Å². The van der Waals surface area contributed by atoms with Gasteiger partial charge in [0.25, 0.3) is 0 Å². The number of ether oxygens (including phenoxy) is 6. The average Bonchev–Trinajstić information content (AvgIpc) is 2.28. The Morgan fingerprint density at radius 1 is 0.933 bits per heavy atom. The van der Waals surface area contributed by atoms with Crippen molar-refractivity contribution in [2.24, 2.45) is 0 Å². The van der Waals surface area contributed by atoms with Crippen LogP contribution in [0.2, 0.25) is 0 Å². The third-order valence-electron chi connectivity index (χ3n) is 2.34. The van der Waals surface area contributed by atoms with E-state index in [1.165, 1.54) is 28.4 Å². The molecule has 1 aliphatic rings. The van der Waals surface area contributed by atoms with Crippen LogP contribution in [-0.2, 0) is 28.4 Å². The van der Waals surface area contributed by atoms with Crippen LogP contribution < -0.4 is 0 Å². The second kappa shape index (κ2) is 5.20. The van der Waals surface area contributed by atoms with E-state index in [0.717, 1.165) is 0 Å². The summed E-state index contributed by atoms with van der Waals surface area (Å²) in [5, 5.41) is 0. The first-order valence-electron chi connectivity index (χ1n) is 4.58. The molecule has 4 atom stereocenters. The molecule has 0 aromatic rings. The molecule has 15 heavy (non-hydrogen) atoms. The topological polar surface area (TPSA) is 55.4 Å². The first-order chi connectivity index (χ1) is 7.11. The molecule has 90 valence electrons. The molecule has 1 saturated heterocycles. The monoisotopic (exact) mass is 222 g/mol. The minimum Gasteiger partial charge on any atom is -0.351 e. The van der Waals surface area contributed by atoms with E-state index in [9.17, 15) is 0 Å². The summed E-state index contributed by atoms with van der Waals surface area (Å²) in [6.07, 6.45) is -1.95. The fraction of sp³-hybridized carbons (Fsp3) is 1.00. The largest absolute Gasteiger partial charge is 0.351 e. The molecule has 6 heteroatoms. The van der Waals surface area contributed by atoms with E-state index < -0.39 is 24.7 Å². The fourth-order valence-corrected chi connectivity index (χ4v) is 1.39. The summed E-state index contributed by atoms with van der Waals surface area (Å²) in [4.78, 5) is 0. The maximum absolute atomic E-state index is 5.56. The lowest BCUT2D eigenvalue weighted by Gasteiger charge is -2.44. The van der Waals surface area contributed by atoms with Gasteiger partial charge in [0.05, 0.1) is 0 Å². The molecule has 1 fully saturated rings. The summed E-state index contributed by atoms with van der Waals surface area (Å²) >= 11 is 0. The van der Waals surface area contributed by atoms with Gasteiger partial charge in [0.1, 0.15) is 0 Å². The van der Waals surface area contributed by atoms with Crippen LogP contribution in [0.15, 0.2) is 0 Å². The Hall–Kier alpha value is -0.240. The zero-order valence-electron chi connectivity index (χ0n) is 9.68. The fourth-order valence-electron chi connectivity index (χ4n) is 1.39. The van der Waals surface area contributed by atoms with Gasteiger partial charge in [-0.3, -0.25) is 0 Å². The summed E-state index contributed by atoms with van der Waals surface area (Å²) in [6.45, 7) is 1.71. The van der Waals surface area contributed by atoms with Crippen LogP contribution in [0.25, 0.3) is 0 Å². The number of hydrogen-bond acceptors (Lipinski definition) is 6. The molecule has 0 bridgehead atoms. The maximum Gasteiger partial charge on any atom is 0.220 e. The Morgan fingerprint density at radius 2 is 1.53 bits per heavy atom. The third kappa shape index (κ3) is 2.47. The summed E-state index contributed by atoms with van der Waals surface area (Å²) in [5.74, 6) is -1.01. The highest BCUT2D eigenvalue weighted by Gasteiger charge is 2.48. The van der Waals surface area contributed by atoms with Crippen LogP contribution in [0.3, 0.4) is 0 Å². The highest BCUT2D eigenvalue weighted by Crippen LogP contribution is 2.30. The molecule has 4 unspecified atom stereocenters. The lowest BCUT2D eigenvalue weighted by molar-refractivity contribution is -0.463. The second-order valence-electron chi connectivity index (χ2n) is 3.25. The predicted molar refractivity (Wildman–Crippen MR) is 50.0 cm³/mol. The summed E-state index contributed by atoms with van der Waals surface area (Å²) in [5.41, 5.74) is 0. The molecule has 0 radical (unpaired) electrons. The molecule has 0 spiro atoms. The molecule has 0 amide bonds. The third-order valence-corrected chi connectivity index (χ3v) is 2.34. The zero-order chi connectivity index (χ0) is 11.5. The summed E-state index contributed by atoms with van der Waals surface area (Å²) in [6, 6.07) is 0. The number of rotatable bonds is 4. The molecule has 6 nitrogen and oxygen atoms in total. The van der Waals surface area contributed by atoms with Crippen molar-refractivity contribution >= 4 is 0 Å². The minimum absolute atomic E-state index is 0.636. The Kier molecular flexibility index (Phi) is 4.45. The van der Waals surface area contributed by atoms with Crippen LogP contribution in [0.5, 0.6) is 0 Å². The van der Waals surface area contributed by atoms with Gasteiger partial charge < -0.3 is 28.4 Å². The van der Waals surface area contributed by atoms with Crippen molar-refractivity contribution in [3.8, 4) is 0 Å². The molecule has 1 rings (SSSR count). The van der Waals surface area contributed by atoms with E-state index in [0.29, 0.717) is 0 Å². The van der Waals surface area contributed by atoms with Crippen molar-refractivity contribution in [3.05, 3.63) is 0 Å². The van der Waals surface area contributed by atoms with Crippen molar-refractivity contribution in [3.63, 3.8) is 0 Å². The van der Waals surface area contributed by atoms with Crippen LogP contribution in [0, 0.1) is 0 Å². The van der Waals surface area contributed by atoms with Crippen LogP contribution >= 0.6 is 0 Å². The smallest absolute Gasteiger partial charge is 0.220 e. The average molecular weight is 222 g/mol. The van der Waals surface area contributed by atoms with Gasteiger partial charge in [0, 0.05) is 28.4 Å². The van der Waals surface area contributed by atoms with Gasteiger partial charge in [-0.15, -0.1) is 0 Å². The molecule has 0 aromatic heterocycles. The molecular formula is C9H18O6. The quantitative estimate of drug-likeness (QED) is 0.682. The predicted octanol–water partition coefficient (Wildman–Crippen LogP) is 0.313. The number of methoxy groups -OCH3 is 4. The summed E-state index contributed by atoms with van der Waals surface area (Å²) < 4.78 is 31.5. The molecule has 0 aliphatic carbocycles. The normalized spacial score (nSPS) is 41.8. The molecule has 1 heterocycles. The first-order valence-corrected chi connectivity index (χ1v) is 4.58. The number of hydrogen-bond donors (Lipinski definition) is 0. The Balaban J connectivity index is 2.77. The lowest BCUT2D eigenvalue weighted by atomic mass is 10.2. The Labute approximate surface area is 89.3 Å². The van der Waals surface area contributed by atoms with Gasteiger partial charge >= 0.3 is 0 Å². The zero-order valence-corrected chi connectivity index (χ0v) is 9.68. The maximum atomic E-state index is 5.56. The molecule has 1 aliphatic heterocycles. The van der Waals surface area contributed by atoms with Gasteiger partial charge in [-0.1, -0.05) is 0 Å². The second-order valence-corrected chi connectivity index (χ2v) is 3.25. The first kappa shape index (κ1) is 12.8. The van der Waals surface area contributed by atoms with Crippen molar-refractivity contribution in [1.82, 2.24) is 0 Å². The molecule has 0 N–H and O–H groups in total. The van der Waals surface area contributed by atoms with Crippen molar-refractivity contribution in [1.29, 1.82) is 0 Å². The lowest BCUT2D eigenvalue weighted by Crippen LogP contribution is -2.59. The van der Waals surface area contributed by atoms with Crippen molar-refractivity contribution < 1.29 is 28.4 Å². The van der Waals surface area contributed by atoms with Crippen LogP contribution in [-0.4, -0.2) is 53.1 Å². The van der Waals surface area contributed by atoms with Crippen molar-refractivity contribution in [2.45, 2.75) is 31.6 Å². The van der Waals surface area contributed by atoms with E-state index in [1.807, 2.05) is 0 Å². The Bertz CT molecular complexity index is 199. The van der Waals surface area contributed by atoms with Crippen molar-refractivity contribution in [2.75, 3.05) is 28.4 Å². The van der Waals surface area contributed by atoms with Crippen LogP contribution in [0.1, 0.15) is 6.92 Å². The van der Waals surface area contributed by atoms with Crippen LogP contribution in [0.4, 0.5) is 0 Å². The van der Waals surface area contributed by atoms with E-state index in [1.54, 1.807) is 6.92 Å². The minimum atomic E-state index is -1.01. The molecule has 0 aromatic carbocycles. The highest BCUT2D eigenvalue weighted by molar-refractivity contribution is 4.75. The van der Waals surface area contributed by atoms with Gasteiger partial charge in [0.2, 0.25) is 24.7 Å². The van der Waals surface area contributed by atoms with E-state index in [2.05, 4.69) is 0 Å². The van der Waals surface area contributed by atoms with Gasteiger partial charge in [-0.05, 0) is 6.92 Å². The standard InChI is InChI=1S/C9H18O6/c1-9(13-5)8(12-4)14-6(10-2)7(11-3)15-9/h6-8H,1-5H3.